The first-order valence-electron chi connectivity index (χ1n) is 5.57. The van der Waals surface area contributed by atoms with Crippen molar-refractivity contribution in [1.82, 2.24) is 0 Å². The zero-order valence-corrected chi connectivity index (χ0v) is 9.26. The Balaban J connectivity index is 1.98. The van der Waals surface area contributed by atoms with E-state index >= 15 is 0 Å². The van der Waals surface area contributed by atoms with Crippen LogP contribution in [0.15, 0.2) is 24.3 Å². The molecular formula is C12H14F3NO. The molecule has 1 aromatic rings. The fourth-order valence-electron chi connectivity index (χ4n) is 1.85. The van der Waals surface area contributed by atoms with Gasteiger partial charge in [-0.15, -0.1) is 0 Å². The van der Waals surface area contributed by atoms with E-state index in [1.807, 2.05) is 0 Å². The maximum atomic E-state index is 12.3. The molecule has 1 aliphatic heterocycles. The highest BCUT2D eigenvalue weighted by molar-refractivity contribution is 5.46. The molecule has 1 aliphatic rings. The Hall–Kier alpha value is -1.23. The van der Waals surface area contributed by atoms with E-state index in [2.05, 4.69) is 5.32 Å². The molecule has 2 nitrogen and oxygen atoms in total. The van der Waals surface area contributed by atoms with Crippen molar-refractivity contribution in [3.05, 3.63) is 29.8 Å². The highest BCUT2D eigenvalue weighted by Gasteiger charge is 2.30. The minimum absolute atomic E-state index is 0.195. The lowest BCUT2D eigenvalue weighted by atomic mass is 10.1. The third-order valence-electron chi connectivity index (χ3n) is 2.74. The quantitative estimate of drug-likeness (QED) is 0.863. The molecule has 17 heavy (non-hydrogen) atoms. The van der Waals surface area contributed by atoms with Gasteiger partial charge in [-0.05, 0) is 37.1 Å². The van der Waals surface area contributed by atoms with Gasteiger partial charge in [0.15, 0.2) is 0 Å². The number of halogens is 3. The molecule has 1 N–H and O–H groups in total. The van der Waals surface area contributed by atoms with Crippen LogP contribution in [0.3, 0.4) is 0 Å². The van der Waals surface area contributed by atoms with Crippen LogP contribution in [-0.4, -0.2) is 19.3 Å². The van der Waals surface area contributed by atoms with Crippen molar-refractivity contribution in [1.29, 1.82) is 0 Å². The smallest absolute Gasteiger partial charge is 0.380 e. The summed E-state index contributed by atoms with van der Waals surface area (Å²) in [5, 5.41) is 3.17. The molecule has 1 saturated heterocycles. The zero-order valence-electron chi connectivity index (χ0n) is 9.26. The second kappa shape index (κ2) is 4.96. The molecular weight excluding hydrogens is 231 g/mol. The van der Waals surface area contributed by atoms with Gasteiger partial charge in [0.1, 0.15) is 0 Å². The van der Waals surface area contributed by atoms with Gasteiger partial charge in [-0.1, -0.05) is 0 Å². The van der Waals surface area contributed by atoms with Gasteiger partial charge in [0.2, 0.25) is 0 Å². The number of alkyl halides is 3. The normalized spacial score (nSPS) is 21.2. The van der Waals surface area contributed by atoms with E-state index in [1.54, 1.807) is 0 Å². The van der Waals surface area contributed by atoms with E-state index in [1.165, 1.54) is 12.1 Å². The SMILES string of the molecule is FC(F)(F)c1ccc(NC2CCCOC2)cc1. The van der Waals surface area contributed by atoms with Gasteiger partial charge >= 0.3 is 6.18 Å². The minimum Gasteiger partial charge on any atom is -0.380 e. The van der Waals surface area contributed by atoms with Crippen LogP contribution in [-0.2, 0) is 10.9 Å². The van der Waals surface area contributed by atoms with E-state index in [4.69, 9.17) is 4.74 Å². The largest absolute Gasteiger partial charge is 0.416 e. The summed E-state index contributed by atoms with van der Waals surface area (Å²) in [5.74, 6) is 0. The molecule has 1 atom stereocenters. The summed E-state index contributed by atoms with van der Waals surface area (Å²) < 4.78 is 42.3. The summed E-state index contributed by atoms with van der Waals surface area (Å²) >= 11 is 0. The van der Waals surface area contributed by atoms with Crippen LogP contribution >= 0.6 is 0 Å². The first-order chi connectivity index (χ1) is 8.05. The highest BCUT2D eigenvalue weighted by atomic mass is 19.4. The van der Waals surface area contributed by atoms with Crippen molar-refractivity contribution >= 4 is 5.69 Å². The minimum atomic E-state index is -4.27. The second-order valence-electron chi connectivity index (χ2n) is 4.13. The van der Waals surface area contributed by atoms with Gasteiger partial charge in [-0.2, -0.15) is 13.2 Å². The average Bonchev–Trinajstić information content (AvgIpc) is 2.30. The summed E-state index contributed by atoms with van der Waals surface area (Å²) in [5.41, 5.74) is 0.0800. The van der Waals surface area contributed by atoms with Crippen molar-refractivity contribution in [2.75, 3.05) is 18.5 Å². The van der Waals surface area contributed by atoms with Crippen molar-refractivity contribution < 1.29 is 17.9 Å². The highest BCUT2D eigenvalue weighted by Crippen LogP contribution is 2.30. The van der Waals surface area contributed by atoms with Crippen molar-refractivity contribution in [2.24, 2.45) is 0 Å². The molecule has 94 valence electrons. The molecule has 0 amide bonds. The molecule has 1 aromatic carbocycles. The van der Waals surface area contributed by atoms with Crippen LogP contribution in [0.1, 0.15) is 18.4 Å². The number of hydrogen-bond acceptors (Lipinski definition) is 2. The molecule has 2 rings (SSSR count). The number of nitrogens with one attached hydrogen (secondary N) is 1. The Morgan fingerprint density at radius 2 is 1.88 bits per heavy atom. The van der Waals surface area contributed by atoms with Crippen molar-refractivity contribution in [2.45, 2.75) is 25.1 Å². The monoisotopic (exact) mass is 245 g/mol. The summed E-state index contributed by atoms with van der Waals surface area (Å²) in [6.07, 6.45) is -2.30. The topological polar surface area (TPSA) is 21.3 Å². The van der Waals surface area contributed by atoms with Gasteiger partial charge < -0.3 is 10.1 Å². The Kier molecular flexibility index (Phi) is 3.57. The molecule has 1 heterocycles. The number of hydrogen-bond donors (Lipinski definition) is 1. The molecule has 0 aromatic heterocycles. The number of benzene rings is 1. The summed E-state index contributed by atoms with van der Waals surface area (Å²) in [6.45, 7) is 1.38. The molecule has 0 spiro atoms. The number of anilines is 1. The van der Waals surface area contributed by atoms with E-state index in [-0.39, 0.29) is 6.04 Å². The van der Waals surface area contributed by atoms with Crippen LogP contribution in [0.4, 0.5) is 18.9 Å². The molecule has 5 heteroatoms. The standard InChI is InChI=1S/C12H14F3NO/c13-12(14,15)9-3-5-10(6-4-9)16-11-2-1-7-17-8-11/h3-6,11,16H,1-2,7-8H2. The number of rotatable bonds is 2. The van der Waals surface area contributed by atoms with Gasteiger partial charge in [0.05, 0.1) is 12.2 Å². The maximum absolute atomic E-state index is 12.3. The molecule has 0 radical (unpaired) electrons. The number of ether oxygens (including phenoxy) is 1. The Morgan fingerprint density at radius 3 is 2.41 bits per heavy atom. The maximum Gasteiger partial charge on any atom is 0.416 e. The van der Waals surface area contributed by atoms with Crippen molar-refractivity contribution in [3.63, 3.8) is 0 Å². The molecule has 1 fully saturated rings. The van der Waals surface area contributed by atoms with Crippen LogP contribution in [0, 0.1) is 0 Å². The fourth-order valence-corrected chi connectivity index (χ4v) is 1.85. The van der Waals surface area contributed by atoms with Gasteiger partial charge in [-0.25, -0.2) is 0 Å². The zero-order chi connectivity index (χ0) is 12.3. The van der Waals surface area contributed by atoms with Crippen LogP contribution in [0.5, 0.6) is 0 Å². The van der Waals surface area contributed by atoms with E-state index in [9.17, 15) is 13.2 Å². The summed E-state index contributed by atoms with van der Waals surface area (Å²) in [6, 6.07) is 5.29. The van der Waals surface area contributed by atoms with Crippen LogP contribution in [0.25, 0.3) is 0 Å². The molecule has 1 unspecified atom stereocenters. The third kappa shape index (κ3) is 3.36. The van der Waals surface area contributed by atoms with E-state index < -0.39 is 11.7 Å². The third-order valence-corrected chi connectivity index (χ3v) is 2.74. The molecule has 0 bridgehead atoms. The van der Waals surface area contributed by atoms with Gasteiger partial charge in [0, 0.05) is 18.3 Å². The Bertz CT molecular complexity index is 355. The lowest BCUT2D eigenvalue weighted by Crippen LogP contribution is -2.29. The first kappa shape index (κ1) is 12.2. The van der Waals surface area contributed by atoms with Crippen molar-refractivity contribution in [3.8, 4) is 0 Å². The summed E-state index contributed by atoms with van der Waals surface area (Å²) in [4.78, 5) is 0. The predicted octanol–water partition coefficient (Wildman–Crippen LogP) is 3.30. The first-order valence-corrected chi connectivity index (χ1v) is 5.57. The van der Waals surface area contributed by atoms with Gasteiger partial charge in [-0.3, -0.25) is 0 Å². The van der Waals surface area contributed by atoms with E-state index in [0.29, 0.717) is 12.3 Å². The van der Waals surface area contributed by atoms with E-state index in [0.717, 1.165) is 31.6 Å². The average molecular weight is 245 g/mol. The lowest BCUT2D eigenvalue weighted by molar-refractivity contribution is -0.137. The summed E-state index contributed by atoms with van der Waals surface area (Å²) in [7, 11) is 0. The molecule has 0 saturated carbocycles. The predicted molar refractivity (Wildman–Crippen MR) is 58.9 cm³/mol. The second-order valence-corrected chi connectivity index (χ2v) is 4.13. The van der Waals surface area contributed by atoms with Crippen LogP contribution in [0.2, 0.25) is 0 Å². The van der Waals surface area contributed by atoms with Crippen LogP contribution < -0.4 is 5.32 Å². The van der Waals surface area contributed by atoms with Gasteiger partial charge in [0.25, 0.3) is 0 Å². The molecule has 0 aliphatic carbocycles. The lowest BCUT2D eigenvalue weighted by Gasteiger charge is -2.24. The fraction of sp³-hybridized carbons (Fsp3) is 0.500. The Morgan fingerprint density at radius 1 is 1.18 bits per heavy atom. The Labute approximate surface area is 97.8 Å².